The number of amides is 1. The van der Waals surface area contributed by atoms with Crippen molar-refractivity contribution in [2.75, 3.05) is 61.2 Å². The minimum atomic E-state index is -3.90. The van der Waals surface area contributed by atoms with E-state index in [0.717, 1.165) is 9.87 Å². The summed E-state index contributed by atoms with van der Waals surface area (Å²) in [5.74, 6) is 0.126. The Morgan fingerprint density at radius 2 is 1.73 bits per heavy atom. The van der Waals surface area contributed by atoms with Crippen molar-refractivity contribution in [1.29, 1.82) is 0 Å². The Hall–Kier alpha value is -3.00. The summed E-state index contributed by atoms with van der Waals surface area (Å²) in [6.45, 7) is -0.323. The van der Waals surface area contributed by atoms with Gasteiger partial charge in [0.05, 0.1) is 31.8 Å². The number of methoxy groups -OCH3 is 3. The Bertz CT molecular complexity index is 1200. The van der Waals surface area contributed by atoms with E-state index < -0.39 is 22.6 Å². The SMILES string of the molecule is COc1ccc(S(=O)(=O)N(CCO)CCOC2CC(c3ccccc3)C=C(C(=O)N(C)CC(OC)OC)O2)cc1. The van der Waals surface area contributed by atoms with Gasteiger partial charge in [0.1, 0.15) is 5.75 Å². The van der Waals surface area contributed by atoms with Crippen molar-refractivity contribution in [2.45, 2.75) is 29.8 Å². The Labute approximate surface area is 235 Å². The van der Waals surface area contributed by atoms with Crippen molar-refractivity contribution < 1.29 is 42.0 Å². The van der Waals surface area contributed by atoms with Gasteiger partial charge >= 0.3 is 0 Å². The number of nitrogens with zero attached hydrogens (tertiary/aromatic N) is 2. The number of carbonyl (C=O) groups excluding carboxylic acids is 1. The van der Waals surface area contributed by atoms with E-state index in [0.29, 0.717) is 12.2 Å². The summed E-state index contributed by atoms with van der Waals surface area (Å²) in [6.07, 6.45) is 0.798. The molecule has 2 aromatic rings. The maximum Gasteiger partial charge on any atom is 0.288 e. The molecule has 1 aliphatic rings. The van der Waals surface area contributed by atoms with E-state index in [1.165, 1.54) is 38.4 Å². The molecular weight excluding hydrogens is 540 g/mol. The summed E-state index contributed by atoms with van der Waals surface area (Å²) in [7, 11) is 2.21. The number of carbonyl (C=O) groups is 1. The average molecular weight is 579 g/mol. The molecule has 1 amide bonds. The van der Waals surface area contributed by atoms with E-state index in [9.17, 15) is 18.3 Å². The molecule has 0 saturated carbocycles. The summed E-state index contributed by atoms with van der Waals surface area (Å²) >= 11 is 0. The molecule has 11 nitrogen and oxygen atoms in total. The number of aliphatic hydroxyl groups excluding tert-OH is 1. The first-order valence-corrected chi connectivity index (χ1v) is 14.3. The number of likely N-dealkylation sites (N-methyl/N-ethyl adjacent to an activating group) is 1. The predicted octanol–water partition coefficient (Wildman–Crippen LogP) is 2.19. The smallest absolute Gasteiger partial charge is 0.288 e. The van der Waals surface area contributed by atoms with Crippen LogP contribution in [0.4, 0.5) is 0 Å². The highest BCUT2D eigenvalue weighted by Gasteiger charge is 2.31. The summed E-state index contributed by atoms with van der Waals surface area (Å²) < 4.78 is 55.0. The first-order chi connectivity index (χ1) is 19.2. The normalized spacial score (nSPS) is 17.4. The average Bonchev–Trinajstić information content (AvgIpc) is 2.99. The van der Waals surface area contributed by atoms with Crippen LogP contribution in [-0.2, 0) is 33.8 Å². The molecule has 2 unspecified atom stereocenters. The number of ether oxygens (including phenoxy) is 5. The highest BCUT2D eigenvalue weighted by molar-refractivity contribution is 7.89. The van der Waals surface area contributed by atoms with Crippen LogP contribution in [0.15, 0.2) is 71.3 Å². The summed E-state index contributed by atoms with van der Waals surface area (Å²) in [5.41, 5.74) is 0.989. The van der Waals surface area contributed by atoms with E-state index in [1.54, 1.807) is 25.3 Å². The molecule has 0 aliphatic carbocycles. The molecule has 12 heteroatoms. The molecular formula is C28H38N2O9S. The van der Waals surface area contributed by atoms with Crippen molar-refractivity contribution in [3.63, 3.8) is 0 Å². The number of aliphatic hydroxyl groups is 1. The van der Waals surface area contributed by atoms with Crippen LogP contribution in [0.1, 0.15) is 17.9 Å². The fraction of sp³-hybridized carbons (Fsp3) is 0.464. The second-order valence-corrected chi connectivity index (χ2v) is 11.0. The number of hydrogen-bond donors (Lipinski definition) is 1. The molecule has 0 bridgehead atoms. The van der Waals surface area contributed by atoms with Crippen molar-refractivity contribution in [3.8, 4) is 5.75 Å². The fourth-order valence-corrected chi connectivity index (χ4v) is 5.64. The molecule has 0 aromatic heterocycles. The molecule has 0 spiro atoms. The van der Waals surface area contributed by atoms with Crippen LogP contribution in [0.25, 0.3) is 0 Å². The van der Waals surface area contributed by atoms with Gasteiger partial charge in [0.15, 0.2) is 12.0 Å². The lowest BCUT2D eigenvalue weighted by molar-refractivity contribution is -0.158. The Kier molecular flexibility index (Phi) is 11.9. The Morgan fingerprint density at radius 3 is 2.33 bits per heavy atom. The van der Waals surface area contributed by atoms with Gasteiger partial charge in [-0.1, -0.05) is 30.3 Å². The molecule has 2 atom stereocenters. The zero-order valence-electron chi connectivity index (χ0n) is 23.3. The van der Waals surface area contributed by atoms with Crippen LogP contribution in [-0.4, -0.2) is 102 Å². The molecule has 1 heterocycles. The highest BCUT2D eigenvalue weighted by Crippen LogP contribution is 2.32. The minimum Gasteiger partial charge on any atom is -0.497 e. The van der Waals surface area contributed by atoms with Crippen LogP contribution in [0.5, 0.6) is 5.75 Å². The molecule has 3 rings (SSSR count). The third kappa shape index (κ3) is 8.26. The number of hydrogen-bond acceptors (Lipinski definition) is 9. The monoisotopic (exact) mass is 578 g/mol. The van der Waals surface area contributed by atoms with E-state index >= 15 is 0 Å². The summed E-state index contributed by atoms with van der Waals surface area (Å²) in [5, 5.41) is 9.52. The first kappa shape index (κ1) is 31.5. The van der Waals surface area contributed by atoms with Gasteiger partial charge in [-0.15, -0.1) is 0 Å². The largest absolute Gasteiger partial charge is 0.497 e. The van der Waals surface area contributed by atoms with Crippen LogP contribution in [0.3, 0.4) is 0 Å². The quantitative estimate of drug-likeness (QED) is 0.317. The van der Waals surface area contributed by atoms with Gasteiger partial charge in [-0.25, -0.2) is 8.42 Å². The molecule has 0 radical (unpaired) electrons. The zero-order chi connectivity index (χ0) is 29.1. The van der Waals surface area contributed by atoms with E-state index in [4.69, 9.17) is 23.7 Å². The third-order valence-corrected chi connectivity index (χ3v) is 8.40. The van der Waals surface area contributed by atoms with Gasteiger partial charge in [-0.2, -0.15) is 4.31 Å². The van der Waals surface area contributed by atoms with Crippen LogP contribution < -0.4 is 4.74 Å². The summed E-state index contributed by atoms with van der Waals surface area (Å²) in [6, 6.07) is 15.7. The van der Waals surface area contributed by atoms with Gasteiger partial charge in [0, 0.05) is 46.7 Å². The number of benzene rings is 2. The third-order valence-electron chi connectivity index (χ3n) is 6.48. The topological polar surface area (TPSA) is 124 Å². The van der Waals surface area contributed by atoms with E-state index in [1.807, 2.05) is 30.3 Å². The van der Waals surface area contributed by atoms with Gasteiger partial charge in [0.25, 0.3) is 5.91 Å². The molecule has 2 aromatic carbocycles. The first-order valence-electron chi connectivity index (χ1n) is 12.8. The van der Waals surface area contributed by atoms with Crippen molar-refractivity contribution in [2.24, 2.45) is 0 Å². The Morgan fingerprint density at radius 1 is 1.05 bits per heavy atom. The standard InChI is InChI=1S/C28H38N2O9S/c1-29(20-27(36-3)37-4)28(32)25-18-22(21-8-6-5-7-9-21)19-26(39-25)38-17-15-30(14-16-31)40(33,34)24-12-10-23(35-2)11-13-24/h5-13,18,22,26-27,31H,14-17,19-20H2,1-4H3. The lowest BCUT2D eigenvalue weighted by atomic mass is 9.93. The van der Waals surface area contributed by atoms with Gasteiger partial charge in [-0.05, 0) is 35.9 Å². The Balaban J connectivity index is 1.72. The van der Waals surface area contributed by atoms with Crippen molar-refractivity contribution in [1.82, 2.24) is 9.21 Å². The van der Waals surface area contributed by atoms with Crippen LogP contribution in [0.2, 0.25) is 0 Å². The maximum atomic E-state index is 13.2. The highest BCUT2D eigenvalue weighted by atomic mass is 32.2. The minimum absolute atomic E-state index is 0.0195. The lowest BCUT2D eigenvalue weighted by Crippen LogP contribution is -2.40. The van der Waals surface area contributed by atoms with Gasteiger partial charge in [-0.3, -0.25) is 4.79 Å². The van der Waals surface area contributed by atoms with Gasteiger partial charge < -0.3 is 33.7 Å². The second kappa shape index (κ2) is 15.1. The molecule has 0 saturated heterocycles. The summed E-state index contributed by atoms with van der Waals surface area (Å²) in [4.78, 5) is 14.7. The molecule has 40 heavy (non-hydrogen) atoms. The molecule has 1 aliphatic heterocycles. The number of allylic oxidation sites excluding steroid dienone is 1. The lowest BCUT2D eigenvalue weighted by Gasteiger charge is -2.32. The molecule has 1 N–H and O–H groups in total. The molecule has 0 fully saturated rings. The number of sulfonamides is 1. The van der Waals surface area contributed by atoms with Crippen LogP contribution >= 0.6 is 0 Å². The predicted molar refractivity (Wildman–Crippen MR) is 147 cm³/mol. The zero-order valence-corrected chi connectivity index (χ0v) is 24.1. The fourth-order valence-electron chi connectivity index (χ4n) is 4.23. The van der Waals surface area contributed by atoms with Gasteiger partial charge in [0.2, 0.25) is 16.3 Å². The number of rotatable bonds is 15. The maximum absolute atomic E-state index is 13.2. The van der Waals surface area contributed by atoms with E-state index in [2.05, 4.69) is 0 Å². The van der Waals surface area contributed by atoms with Crippen LogP contribution in [0, 0.1) is 0 Å². The van der Waals surface area contributed by atoms with Crippen molar-refractivity contribution >= 4 is 15.9 Å². The molecule has 220 valence electrons. The van der Waals surface area contributed by atoms with Crippen molar-refractivity contribution in [3.05, 3.63) is 72.0 Å². The second-order valence-electron chi connectivity index (χ2n) is 9.09. The van der Waals surface area contributed by atoms with E-state index in [-0.39, 0.29) is 55.3 Å².